The van der Waals surface area contributed by atoms with Gasteiger partial charge in [0, 0.05) is 30.0 Å². The second kappa shape index (κ2) is 11.8. The number of carboxylic acid groups (broad SMARTS) is 1. The highest BCUT2D eigenvalue weighted by atomic mass is 35.5. The molecule has 0 amide bonds. The molecule has 4 aromatic rings. The summed E-state index contributed by atoms with van der Waals surface area (Å²) in [5.41, 5.74) is 8.82. The molecule has 0 aliphatic carbocycles. The summed E-state index contributed by atoms with van der Waals surface area (Å²) in [5, 5.41) is 10.7. The maximum atomic E-state index is 12.2. The minimum atomic E-state index is -0.947. The summed E-state index contributed by atoms with van der Waals surface area (Å²) >= 11 is 6.27. The largest absolute Gasteiger partial charge is 0.494 e. The number of carboxylic acids is 1. The van der Waals surface area contributed by atoms with E-state index >= 15 is 0 Å². The van der Waals surface area contributed by atoms with E-state index in [2.05, 4.69) is 62.1 Å². The van der Waals surface area contributed by atoms with E-state index in [-0.39, 0.29) is 5.69 Å². The van der Waals surface area contributed by atoms with Crippen LogP contribution in [0.15, 0.2) is 66.9 Å². The van der Waals surface area contributed by atoms with Gasteiger partial charge in [0.15, 0.2) is 0 Å². The highest BCUT2D eigenvalue weighted by Gasteiger charge is 2.19. The van der Waals surface area contributed by atoms with E-state index in [1.165, 1.54) is 16.7 Å². The average molecular weight is 531 g/mol. The predicted octanol–water partition coefficient (Wildman–Crippen LogP) is 8.19. The van der Waals surface area contributed by atoms with Crippen LogP contribution in [0.25, 0.3) is 0 Å². The number of hydrogen-bond acceptors (Lipinski definition) is 3. The van der Waals surface area contributed by atoms with Crippen molar-refractivity contribution in [2.24, 2.45) is 0 Å². The lowest BCUT2D eigenvalue weighted by Crippen LogP contribution is -2.16. The van der Waals surface area contributed by atoms with Gasteiger partial charge < -0.3 is 19.3 Å². The summed E-state index contributed by atoms with van der Waals surface area (Å²) in [7, 11) is 0. The summed E-state index contributed by atoms with van der Waals surface area (Å²) in [6, 6.07) is 20.4. The molecule has 1 aromatic heterocycles. The normalized spacial score (nSPS) is 11.0. The summed E-state index contributed by atoms with van der Waals surface area (Å²) in [5.74, 6) is -0.174. The van der Waals surface area contributed by atoms with E-state index in [9.17, 15) is 9.90 Å². The SMILES string of the molecule is Cc1cc(C)cc(CN(c2cccc(C)c2)c2cc(C(=O)O)n(CCCOc3cc(C)c(Cl)c(C)c3)c2)c1. The zero-order valence-corrected chi connectivity index (χ0v) is 23.5. The van der Waals surface area contributed by atoms with Gasteiger partial charge in [-0.25, -0.2) is 4.79 Å². The van der Waals surface area contributed by atoms with Crippen LogP contribution < -0.4 is 9.64 Å². The maximum Gasteiger partial charge on any atom is 0.352 e. The Balaban J connectivity index is 1.57. The molecule has 1 N–H and O–H groups in total. The second-order valence-corrected chi connectivity index (χ2v) is 10.5. The molecule has 0 aliphatic heterocycles. The highest BCUT2D eigenvalue weighted by molar-refractivity contribution is 6.32. The fourth-order valence-corrected chi connectivity index (χ4v) is 5.00. The molecule has 0 atom stereocenters. The third-order valence-corrected chi connectivity index (χ3v) is 7.17. The van der Waals surface area contributed by atoms with Crippen molar-refractivity contribution in [1.29, 1.82) is 0 Å². The monoisotopic (exact) mass is 530 g/mol. The molecular formula is C32H35ClN2O3. The van der Waals surface area contributed by atoms with Gasteiger partial charge in [-0.3, -0.25) is 0 Å². The van der Waals surface area contributed by atoms with Gasteiger partial charge in [0.1, 0.15) is 11.4 Å². The van der Waals surface area contributed by atoms with Crippen molar-refractivity contribution in [2.45, 2.75) is 54.1 Å². The summed E-state index contributed by atoms with van der Waals surface area (Å²) in [4.78, 5) is 14.4. The average Bonchev–Trinajstić information content (AvgIpc) is 3.27. The number of aromatic nitrogens is 1. The van der Waals surface area contributed by atoms with Gasteiger partial charge in [-0.1, -0.05) is 53.1 Å². The van der Waals surface area contributed by atoms with Crippen LogP contribution in [-0.2, 0) is 13.1 Å². The number of benzene rings is 3. The standard InChI is InChI=1S/C32H35ClN2O3/c1-21-8-6-9-27(15-21)35(19-26-13-22(2)12-23(3)14-26)28-18-30(32(36)37)34(20-28)10-7-11-38-29-16-24(4)31(33)25(5)17-29/h6,8-9,12-18,20H,7,10-11,19H2,1-5H3,(H,36,37). The molecule has 0 bridgehead atoms. The molecule has 5 nitrogen and oxygen atoms in total. The summed E-state index contributed by atoms with van der Waals surface area (Å²) < 4.78 is 7.76. The Hall–Kier alpha value is -3.70. The number of carbonyl (C=O) groups is 1. The number of rotatable bonds is 10. The highest BCUT2D eigenvalue weighted by Crippen LogP contribution is 2.31. The van der Waals surface area contributed by atoms with Gasteiger partial charge in [0.2, 0.25) is 0 Å². The van der Waals surface area contributed by atoms with E-state index in [1.807, 2.05) is 42.8 Å². The van der Waals surface area contributed by atoms with Crippen molar-refractivity contribution >= 4 is 28.9 Å². The zero-order valence-electron chi connectivity index (χ0n) is 22.7. The molecule has 0 saturated carbocycles. The van der Waals surface area contributed by atoms with Crippen LogP contribution in [-0.4, -0.2) is 22.2 Å². The van der Waals surface area contributed by atoms with E-state index in [0.29, 0.717) is 26.1 Å². The smallest absolute Gasteiger partial charge is 0.352 e. The number of anilines is 2. The molecule has 0 unspecified atom stereocenters. The lowest BCUT2D eigenvalue weighted by molar-refractivity contribution is 0.0684. The number of nitrogens with zero attached hydrogens (tertiary/aromatic N) is 2. The first kappa shape index (κ1) is 27.3. The van der Waals surface area contributed by atoms with Gasteiger partial charge in [-0.2, -0.15) is 0 Å². The van der Waals surface area contributed by atoms with E-state index in [0.717, 1.165) is 38.8 Å². The molecule has 6 heteroatoms. The van der Waals surface area contributed by atoms with Crippen molar-refractivity contribution in [1.82, 2.24) is 4.57 Å². The van der Waals surface area contributed by atoms with Crippen LogP contribution in [0.3, 0.4) is 0 Å². The molecule has 0 radical (unpaired) electrons. The second-order valence-electron chi connectivity index (χ2n) is 10.1. The first-order valence-electron chi connectivity index (χ1n) is 12.8. The Bertz CT molecular complexity index is 1410. The van der Waals surface area contributed by atoms with Gasteiger partial charge in [-0.05, 0) is 93.6 Å². The number of ether oxygens (including phenoxy) is 1. The molecule has 4 rings (SSSR count). The van der Waals surface area contributed by atoms with Crippen LogP contribution in [0.4, 0.5) is 11.4 Å². The lowest BCUT2D eigenvalue weighted by Gasteiger charge is -2.25. The van der Waals surface area contributed by atoms with E-state index < -0.39 is 5.97 Å². The quantitative estimate of drug-likeness (QED) is 0.210. The molecule has 1 heterocycles. The van der Waals surface area contributed by atoms with Crippen molar-refractivity contribution < 1.29 is 14.6 Å². The Kier molecular flexibility index (Phi) is 8.48. The zero-order chi connectivity index (χ0) is 27.4. The van der Waals surface area contributed by atoms with Crippen LogP contribution in [0.2, 0.25) is 5.02 Å². The van der Waals surface area contributed by atoms with Crippen molar-refractivity contribution in [3.05, 3.63) is 111 Å². The summed E-state index contributed by atoms with van der Waals surface area (Å²) in [6.07, 6.45) is 2.60. The van der Waals surface area contributed by atoms with Crippen LogP contribution in [0.1, 0.15) is 50.3 Å². The Morgan fingerprint density at radius 3 is 2.21 bits per heavy atom. The first-order chi connectivity index (χ1) is 18.1. The van der Waals surface area contributed by atoms with Crippen molar-refractivity contribution in [3.8, 4) is 5.75 Å². The third kappa shape index (κ3) is 6.59. The number of halogens is 1. The number of hydrogen-bond donors (Lipinski definition) is 1. The van der Waals surface area contributed by atoms with E-state index in [1.54, 1.807) is 6.07 Å². The Labute approximate surface area is 230 Å². The van der Waals surface area contributed by atoms with E-state index in [4.69, 9.17) is 16.3 Å². The van der Waals surface area contributed by atoms with Crippen LogP contribution in [0, 0.1) is 34.6 Å². The maximum absolute atomic E-state index is 12.2. The third-order valence-electron chi connectivity index (χ3n) is 6.57. The van der Waals surface area contributed by atoms with Gasteiger partial charge in [0.05, 0.1) is 12.3 Å². The van der Waals surface area contributed by atoms with Crippen molar-refractivity contribution in [3.63, 3.8) is 0 Å². The number of aryl methyl sites for hydroxylation is 6. The van der Waals surface area contributed by atoms with Crippen molar-refractivity contribution in [2.75, 3.05) is 11.5 Å². The molecule has 0 aliphatic rings. The predicted molar refractivity (Wildman–Crippen MR) is 155 cm³/mol. The van der Waals surface area contributed by atoms with Crippen LogP contribution >= 0.6 is 11.6 Å². The Morgan fingerprint density at radius 2 is 1.58 bits per heavy atom. The molecule has 0 spiro atoms. The van der Waals surface area contributed by atoms with Gasteiger partial charge in [-0.15, -0.1) is 0 Å². The minimum Gasteiger partial charge on any atom is -0.494 e. The fourth-order valence-electron chi connectivity index (χ4n) is 4.89. The van der Waals surface area contributed by atoms with Gasteiger partial charge in [0.25, 0.3) is 0 Å². The Morgan fingerprint density at radius 1 is 0.895 bits per heavy atom. The summed E-state index contributed by atoms with van der Waals surface area (Å²) in [6.45, 7) is 11.8. The van der Waals surface area contributed by atoms with Gasteiger partial charge >= 0.3 is 5.97 Å². The molecular weight excluding hydrogens is 496 g/mol. The minimum absolute atomic E-state index is 0.260. The molecule has 0 fully saturated rings. The first-order valence-corrected chi connectivity index (χ1v) is 13.2. The lowest BCUT2D eigenvalue weighted by atomic mass is 10.1. The molecule has 3 aromatic carbocycles. The molecule has 0 saturated heterocycles. The topological polar surface area (TPSA) is 54.7 Å². The molecule has 198 valence electrons. The fraction of sp³-hybridized carbons (Fsp3) is 0.281. The molecule has 38 heavy (non-hydrogen) atoms. The van der Waals surface area contributed by atoms with Crippen LogP contribution in [0.5, 0.6) is 5.75 Å². The number of aromatic carboxylic acids is 1.